The second-order valence-electron chi connectivity index (χ2n) is 7.56. The van der Waals surface area contributed by atoms with E-state index in [0.717, 1.165) is 36.0 Å². The molecule has 0 spiro atoms. The Hall–Kier alpha value is -3.55. The van der Waals surface area contributed by atoms with Gasteiger partial charge >= 0.3 is 12.1 Å². The second-order valence-corrected chi connectivity index (χ2v) is 7.56. The Labute approximate surface area is 182 Å². The molecule has 5 nitrogen and oxygen atoms in total. The second kappa shape index (κ2) is 8.90. The van der Waals surface area contributed by atoms with E-state index >= 15 is 0 Å². The first-order valence-corrected chi connectivity index (χ1v) is 10.3. The Bertz CT molecular complexity index is 1240. The molecule has 0 bridgehead atoms. The number of para-hydroxylation sites is 1. The number of anilines is 1. The van der Waals surface area contributed by atoms with Gasteiger partial charge in [-0.15, -0.1) is 0 Å². The van der Waals surface area contributed by atoms with Gasteiger partial charge in [-0.25, -0.2) is 4.98 Å². The van der Waals surface area contributed by atoms with Gasteiger partial charge in [0.15, 0.2) is 0 Å². The Kier molecular flexibility index (Phi) is 6.03. The molecule has 8 heteroatoms. The molecule has 0 saturated carbocycles. The summed E-state index contributed by atoms with van der Waals surface area (Å²) in [6.07, 6.45) is 1.87. The molecule has 0 saturated heterocycles. The van der Waals surface area contributed by atoms with Crippen LogP contribution in [0.5, 0.6) is 0 Å². The predicted molar refractivity (Wildman–Crippen MR) is 116 cm³/mol. The highest BCUT2D eigenvalue weighted by Crippen LogP contribution is 2.34. The van der Waals surface area contributed by atoms with E-state index in [0.29, 0.717) is 23.5 Å². The van der Waals surface area contributed by atoms with Crippen molar-refractivity contribution in [2.24, 2.45) is 0 Å². The largest absolute Gasteiger partial charge is 0.471 e. The van der Waals surface area contributed by atoms with E-state index in [-0.39, 0.29) is 5.69 Å². The van der Waals surface area contributed by atoms with Gasteiger partial charge in [-0.05, 0) is 42.3 Å². The van der Waals surface area contributed by atoms with Crippen molar-refractivity contribution in [3.8, 4) is 11.3 Å². The molecule has 0 fully saturated rings. The van der Waals surface area contributed by atoms with Crippen LogP contribution in [0.3, 0.4) is 0 Å². The number of aryl methyl sites for hydroxylation is 1. The van der Waals surface area contributed by atoms with E-state index in [9.17, 15) is 18.0 Å². The van der Waals surface area contributed by atoms with Crippen LogP contribution in [0.1, 0.15) is 31.2 Å². The molecular formula is C24H22F3N3O2. The summed E-state index contributed by atoms with van der Waals surface area (Å²) in [5.41, 5.74) is 2.07. The first kappa shape index (κ1) is 21.7. The van der Waals surface area contributed by atoms with E-state index in [1.807, 2.05) is 29.7 Å². The Balaban J connectivity index is 1.61. The summed E-state index contributed by atoms with van der Waals surface area (Å²) in [7, 11) is 0. The van der Waals surface area contributed by atoms with Crippen molar-refractivity contribution in [3.63, 3.8) is 0 Å². The number of nitrogens with one attached hydrogen (secondary N) is 1. The van der Waals surface area contributed by atoms with Gasteiger partial charge in [0, 0.05) is 36.3 Å². The fourth-order valence-electron chi connectivity index (χ4n) is 3.57. The van der Waals surface area contributed by atoms with Gasteiger partial charge in [-0.1, -0.05) is 31.5 Å². The minimum absolute atomic E-state index is 0.0353. The number of hydrogen-bond acceptors (Lipinski definition) is 3. The summed E-state index contributed by atoms with van der Waals surface area (Å²) in [5, 5.41) is 2.75. The van der Waals surface area contributed by atoms with E-state index in [1.54, 1.807) is 30.5 Å². The van der Waals surface area contributed by atoms with E-state index < -0.39 is 12.1 Å². The number of rotatable bonds is 7. The highest BCUT2D eigenvalue weighted by molar-refractivity contribution is 5.98. The van der Waals surface area contributed by atoms with Gasteiger partial charge in [-0.2, -0.15) is 13.2 Å². The molecule has 166 valence electrons. The SMILES string of the molecule is CCCCc1nccn1Cc1ccc2oc(-c3ccccc3NC(=O)C(F)(F)F)cc2c1. The maximum Gasteiger partial charge on any atom is 0.471 e. The van der Waals surface area contributed by atoms with Crippen molar-refractivity contribution >= 4 is 22.6 Å². The summed E-state index contributed by atoms with van der Waals surface area (Å²) in [4.78, 5) is 15.8. The number of imidazole rings is 1. The Morgan fingerprint density at radius 2 is 1.97 bits per heavy atom. The molecule has 4 aromatic rings. The minimum Gasteiger partial charge on any atom is -0.456 e. The third kappa shape index (κ3) is 4.69. The zero-order valence-electron chi connectivity index (χ0n) is 17.4. The topological polar surface area (TPSA) is 60.1 Å². The van der Waals surface area contributed by atoms with Crippen LogP contribution >= 0.6 is 0 Å². The lowest BCUT2D eigenvalue weighted by molar-refractivity contribution is -0.167. The van der Waals surface area contributed by atoms with E-state index in [2.05, 4.69) is 16.5 Å². The Morgan fingerprint density at radius 1 is 1.16 bits per heavy atom. The maximum atomic E-state index is 12.7. The van der Waals surface area contributed by atoms with Gasteiger partial charge in [0.25, 0.3) is 0 Å². The molecule has 2 aromatic heterocycles. The summed E-state index contributed by atoms with van der Waals surface area (Å²) in [6, 6.07) is 13.8. The quantitative estimate of drug-likeness (QED) is 0.372. The number of nitrogens with zero attached hydrogens (tertiary/aromatic N) is 2. The molecular weight excluding hydrogens is 419 g/mol. The van der Waals surface area contributed by atoms with Crippen LogP contribution in [-0.4, -0.2) is 21.6 Å². The van der Waals surface area contributed by atoms with Crippen molar-refractivity contribution in [1.29, 1.82) is 0 Å². The summed E-state index contributed by atoms with van der Waals surface area (Å²) in [6.45, 7) is 2.80. The number of fused-ring (bicyclic) bond motifs is 1. The van der Waals surface area contributed by atoms with Gasteiger partial charge in [0.05, 0.1) is 5.69 Å². The molecule has 1 N–H and O–H groups in total. The summed E-state index contributed by atoms with van der Waals surface area (Å²) in [5.74, 6) is -0.613. The van der Waals surface area contributed by atoms with Gasteiger partial charge in [-0.3, -0.25) is 4.79 Å². The average Bonchev–Trinajstić information content (AvgIpc) is 3.38. The molecule has 0 atom stereocenters. The number of alkyl halides is 3. The molecule has 0 aliphatic heterocycles. The van der Waals surface area contributed by atoms with Crippen LogP contribution in [0.4, 0.5) is 18.9 Å². The zero-order valence-corrected chi connectivity index (χ0v) is 17.4. The maximum absolute atomic E-state index is 12.7. The molecule has 2 aromatic carbocycles. The molecule has 0 aliphatic rings. The van der Waals surface area contributed by atoms with E-state index in [1.165, 1.54) is 6.07 Å². The number of carbonyl (C=O) groups excluding carboxylic acids is 1. The van der Waals surface area contributed by atoms with Crippen LogP contribution in [0.15, 0.2) is 65.3 Å². The van der Waals surface area contributed by atoms with Crippen LogP contribution in [0.2, 0.25) is 0 Å². The number of aromatic nitrogens is 2. The van der Waals surface area contributed by atoms with Crippen LogP contribution in [-0.2, 0) is 17.8 Å². The molecule has 32 heavy (non-hydrogen) atoms. The van der Waals surface area contributed by atoms with E-state index in [4.69, 9.17) is 4.42 Å². The predicted octanol–water partition coefficient (Wildman–Crippen LogP) is 6.19. The fourth-order valence-corrected chi connectivity index (χ4v) is 3.57. The number of amides is 1. The highest BCUT2D eigenvalue weighted by atomic mass is 19.4. The number of hydrogen-bond donors (Lipinski definition) is 1. The van der Waals surface area contributed by atoms with Crippen molar-refractivity contribution < 1.29 is 22.4 Å². The number of halogens is 3. The van der Waals surface area contributed by atoms with Crippen LogP contribution in [0.25, 0.3) is 22.3 Å². The molecule has 0 aliphatic carbocycles. The minimum atomic E-state index is -4.97. The van der Waals surface area contributed by atoms with Crippen LogP contribution < -0.4 is 5.32 Å². The lowest BCUT2D eigenvalue weighted by Gasteiger charge is -2.10. The fraction of sp³-hybridized carbons (Fsp3) is 0.250. The first-order chi connectivity index (χ1) is 15.3. The summed E-state index contributed by atoms with van der Waals surface area (Å²) < 4.78 is 46.1. The van der Waals surface area contributed by atoms with Gasteiger partial charge < -0.3 is 14.3 Å². The number of furan rings is 1. The van der Waals surface area contributed by atoms with Gasteiger partial charge in [0.1, 0.15) is 17.2 Å². The molecule has 4 rings (SSSR count). The number of unbranched alkanes of at least 4 members (excludes halogenated alkanes) is 1. The average molecular weight is 441 g/mol. The normalized spacial score (nSPS) is 11.8. The number of benzene rings is 2. The van der Waals surface area contributed by atoms with Gasteiger partial charge in [0.2, 0.25) is 0 Å². The highest BCUT2D eigenvalue weighted by Gasteiger charge is 2.39. The Morgan fingerprint density at radius 3 is 2.75 bits per heavy atom. The molecule has 1 amide bonds. The smallest absolute Gasteiger partial charge is 0.456 e. The zero-order chi connectivity index (χ0) is 22.7. The first-order valence-electron chi connectivity index (χ1n) is 10.3. The third-order valence-corrected chi connectivity index (χ3v) is 5.19. The van der Waals surface area contributed by atoms with Crippen LogP contribution in [0, 0.1) is 0 Å². The third-order valence-electron chi connectivity index (χ3n) is 5.19. The molecule has 0 radical (unpaired) electrons. The van der Waals surface area contributed by atoms with Crippen molar-refractivity contribution in [1.82, 2.24) is 9.55 Å². The van der Waals surface area contributed by atoms with Crippen molar-refractivity contribution in [2.45, 2.75) is 38.9 Å². The lowest BCUT2D eigenvalue weighted by atomic mass is 10.1. The molecule has 0 unspecified atom stereocenters. The van der Waals surface area contributed by atoms with Crippen molar-refractivity contribution in [3.05, 3.63) is 72.3 Å². The standard InChI is InChI=1S/C24H22F3N3O2/c1-2-3-8-22-28-11-12-30(22)15-16-9-10-20-17(13-16)14-21(32-20)18-6-4-5-7-19(18)29-23(31)24(25,26)27/h4-7,9-14H,2-3,8,15H2,1H3,(H,29,31). The monoisotopic (exact) mass is 441 g/mol. The lowest BCUT2D eigenvalue weighted by Crippen LogP contribution is -2.30. The summed E-state index contributed by atoms with van der Waals surface area (Å²) >= 11 is 0. The number of carbonyl (C=O) groups is 1. The molecule has 2 heterocycles. The van der Waals surface area contributed by atoms with Crippen molar-refractivity contribution in [2.75, 3.05) is 5.32 Å².